The summed E-state index contributed by atoms with van der Waals surface area (Å²) in [5.41, 5.74) is 5.26. The molecule has 5 rings (SSSR count). The molecule has 6 nitrogen and oxygen atoms in total. The van der Waals surface area contributed by atoms with Crippen LogP contribution < -0.4 is 5.32 Å². The minimum atomic E-state index is -2.51. The van der Waals surface area contributed by atoms with Gasteiger partial charge in [-0.15, -0.1) is 0 Å². The van der Waals surface area contributed by atoms with Crippen LogP contribution in [0.15, 0.2) is 42.4 Å². The molecule has 0 saturated carbocycles. The lowest BCUT2D eigenvalue weighted by atomic mass is 9.90. The molecule has 2 aromatic heterocycles. The van der Waals surface area contributed by atoms with Gasteiger partial charge in [0, 0.05) is 23.7 Å². The highest BCUT2D eigenvalue weighted by Gasteiger charge is 2.36. The third-order valence-corrected chi connectivity index (χ3v) is 6.73. The number of aliphatic hydroxyl groups excluding tert-OH is 2. The maximum Gasteiger partial charge on any atom is 0.263 e. The van der Waals surface area contributed by atoms with Crippen LogP contribution in [0.5, 0.6) is 0 Å². The summed E-state index contributed by atoms with van der Waals surface area (Å²) in [6, 6.07) is 4.67. The van der Waals surface area contributed by atoms with E-state index in [1.54, 1.807) is 12.1 Å². The predicted octanol–water partition coefficient (Wildman–Crippen LogP) is 3.16. The van der Waals surface area contributed by atoms with E-state index >= 15 is 0 Å². The molecule has 3 heterocycles. The van der Waals surface area contributed by atoms with Crippen LogP contribution in [0, 0.1) is 6.92 Å². The normalized spacial score (nSPS) is 23.1. The van der Waals surface area contributed by atoms with Crippen LogP contribution in [0.4, 0.5) is 8.78 Å². The first-order valence-electron chi connectivity index (χ1n) is 10.9. The molecule has 0 radical (unpaired) electrons. The fourth-order valence-corrected chi connectivity index (χ4v) is 4.98. The maximum absolute atomic E-state index is 13.4. The summed E-state index contributed by atoms with van der Waals surface area (Å²) in [4.78, 5) is 8.55. The number of hydrogen-bond acceptors (Lipinski definition) is 5. The lowest BCUT2D eigenvalue weighted by molar-refractivity contribution is 0.0317. The first-order valence-corrected chi connectivity index (χ1v) is 10.9. The molecule has 3 aromatic rings. The summed E-state index contributed by atoms with van der Waals surface area (Å²) in [7, 11) is 0. The van der Waals surface area contributed by atoms with E-state index in [2.05, 4.69) is 15.3 Å². The quantitative estimate of drug-likeness (QED) is 0.531. The molecule has 2 unspecified atom stereocenters. The standard InChI is InChI=1S/C24H26F2N4O2/c1-13-18-5-7-30(24(18)29-12-28-13)20-10-16(21(31)22(20)32)3-2-14-8-17(23(25)26)9-15-4-6-27-11-19(14)15/h5,7-10,12,20-23,27,31-32H,2-4,6,11H2,1H3/t20?,21?,22-/m1/s1. The second-order valence-electron chi connectivity index (χ2n) is 8.63. The summed E-state index contributed by atoms with van der Waals surface area (Å²) in [5.74, 6) is 0. The van der Waals surface area contributed by atoms with Gasteiger partial charge < -0.3 is 20.1 Å². The van der Waals surface area contributed by atoms with Gasteiger partial charge >= 0.3 is 0 Å². The third-order valence-electron chi connectivity index (χ3n) is 6.73. The lowest BCUT2D eigenvalue weighted by Gasteiger charge is -2.23. The van der Waals surface area contributed by atoms with Crippen LogP contribution in [-0.4, -0.2) is 43.5 Å². The number of nitrogens with zero attached hydrogens (tertiary/aromatic N) is 3. The average molecular weight is 440 g/mol. The van der Waals surface area contributed by atoms with Crippen molar-refractivity contribution in [2.24, 2.45) is 0 Å². The topological polar surface area (TPSA) is 83.2 Å². The molecular weight excluding hydrogens is 414 g/mol. The minimum Gasteiger partial charge on any atom is -0.388 e. The highest BCUT2D eigenvalue weighted by Crippen LogP contribution is 2.35. The van der Waals surface area contributed by atoms with E-state index in [1.165, 1.54) is 6.33 Å². The van der Waals surface area contributed by atoms with Gasteiger partial charge in [0.25, 0.3) is 6.43 Å². The molecule has 1 aromatic carbocycles. The van der Waals surface area contributed by atoms with E-state index in [0.717, 1.165) is 46.3 Å². The summed E-state index contributed by atoms with van der Waals surface area (Å²) >= 11 is 0. The highest BCUT2D eigenvalue weighted by molar-refractivity contribution is 5.78. The van der Waals surface area contributed by atoms with Crippen LogP contribution in [-0.2, 0) is 19.4 Å². The van der Waals surface area contributed by atoms with Gasteiger partial charge in [-0.25, -0.2) is 18.7 Å². The van der Waals surface area contributed by atoms with E-state index in [-0.39, 0.29) is 5.56 Å². The Morgan fingerprint density at radius 2 is 2.06 bits per heavy atom. The summed E-state index contributed by atoms with van der Waals surface area (Å²) in [6.07, 6.45) is 2.45. The van der Waals surface area contributed by atoms with Crippen LogP contribution in [0.25, 0.3) is 11.0 Å². The van der Waals surface area contributed by atoms with Crippen molar-refractivity contribution in [3.05, 3.63) is 70.3 Å². The van der Waals surface area contributed by atoms with Crippen molar-refractivity contribution in [1.82, 2.24) is 19.9 Å². The van der Waals surface area contributed by atoms with Gasteiger partial charge in [-0.3, -0.25) is 0 Å². The number of halogens is 2. The summed E-state index contributed by atoms with van der Waals surface area (Å²) in [5, 5.41) is 25.7. The van der Waals surface area contributed by atoms with E-state index in [4.69, 9.17) is 0 Å². The van der Waals surface area contributed by atoms with Gasteiger partial charge in [-0.1, -0.05) is 6.08 Å². The Bertz CT molecular complexity index is 1190. The molecular formula is C24H26F2N4O2. The summed E-state index contributed by atoms with van der Waals surface area (Å²) in [6.45, 7) is 3.35. The molecule has 0 spiro atoms. The molecule has 0 amide bonds. The predicted molar refractivity (Wildman–Crippen MR) is 117 cm³/mol. The molecule has 1 aliphatic carbocycles. The number of hydrogen-bond donors (Lipinski definition) is 3. The zero-order valence-electron chi connectivity index (χ0n) is 17.8. The number of alkyl halides is 2. The zero-order chi connectivity index (χ0) is 22.4. The van der Waals surface area contributed by atoms with Crippen LogP contribution in [0.3, 0.4) is 0 Å². The van der Waals surface area contributed by atoms with E-state index in [1.807, 2.05) is 29.8 Å². The number of aromatic nitrogens is 3. The highest BCUT2D eigenvalue weighted by atomic mass is 19.3. The van der Waals surface area contributed by atoms with E-state index < -0.39 is 24.7 Å². The van der Waals surface area contributed by atoms with Gasteiger partial charge in [0.15, 0.2) is 0 Å². The van der Waals surface area contributed by atoms with Gasteiger partial charge in [0.1, 0.15) is 24.2 Å². The number of nitrogens with one attached hydrogen (secondary N) is 1. The molecule has 2 aliphatic rings. The second-order valence-corrected chi connectivity index (χ2v) is 8.63. The van der Waals surface area contributed by atoms with Crippen LogP contribution in [0.2, 0.25) is 0 Å². The molecule has 3 N–H and O–H groups in total. The average Bonchev–Trinajstić information content (AvgIpc) is 3.34. The number of aryl methyl sites for hydroxylation is 2. The van der Waals surface area contributed by atoms with Crippen molar-refractivity contribution in [2.75, 3.05) is 6.54 Å². The smallest absolute Gasteiger partial charge is 0.263 e. The molecule has 3 atom stereocenters. The maximum atomic E-state index is 13.4. The number of benzene rings is 1. The van der Waals surface area contributed by atoms with Crippen LogP contribution >= 0.6 is 0 Å². The Hall–Kier alpha value is -2.68. The van der Waals surface area contributed by atoms with Gasteiger partial charge in [0.05, 0.1) is 11.7 Å². The first-order chi connectivity index (χ1) is 15.4. The monoisotopic (exact) mass is 440 g/mol. The third kappa shape index (κ3) is 3.62. The number of aliphatic hydroxyl groups is 2. The fraction of sp³-hybridized carbons (Fsp3) is 0.417. The Kier molecular flexibility index (Phi) is 5.53. The molecule has 168 valence electrons. The fourth-order valence-electron chi connectivity index (χ4n) is 4.98. The molecule has 0 bridgehead atoms. The minimum absolute atomic E-state index is 0.0494. The largest absolute Gasteiger partial charge is 0.388 e. The Balaban J connectivity index is 1.42. The van der Waals surface area contributed by atoms with Gasteiger partial charge in [-0.05, 0) is 73.2 Å². The molecule has 0 fully saturated rings. The van der Waals surface area contributed by atoms with Crippen molar-refractivity contribution in [2.45, 2.75) is 57.4 Å². The second kappa shape index (κ2) is 8.35. The molecule has 0 saturated heterocycles. The molecule has 8 heteroatoms. The number of rotatable bonds is 5. The molecule has 1 aliphatic heterocycles. The van der Waals surface area contributed by atoms with Crippen molar-refractivity contribution in [3.63, 3.8) is 0 Å². The van der Waals surface area contributed by atoms with E-state index in [9.17, 15) is 19.0 Å². The number of fused-ring (bicyclic) bond motifs is 2. The zero-order valence-corrected chi connectivity index (χ0v) is 17.8. The van der Waals surface area contributed by atoms with Crippen molar-refractivity contribution >= 4 is 11.0 Å². The van der Waals surface area contributed by atoms with Crippen molar-refractivity contribution < 1.29 is 19.0 Å². The van der Waals surface area contributed by atoms with Crippen molar-refractivity contribution in [1.29, 1.82) is 0 Å². The van der Waals surface area contributed by atoms with Crippen LogP contribution in [0.1, 0.15) is 46.8 Å². The van der Waals surface area contributed by atoms with Gasteiger partial charge in [0.2, 0.25) is 0 Å². The summed E-state index contributed by atoms with van der Waals surface area (Å²) < 4.78 is 28.7. The Labute approximate surface area is 184 Å². The first kappa shape index (κ1) is 21.2. The van der Waals surface area contributed by atoms with E-state index in [0.29, 0.717) is 25.0 Å². The molecule has 32 heavy (non-hydrogen) atoms. The Morgan fingerprint density at radius 3 is 2.88 bits per heavy atom. The lowest BCUT2D eigenvalue weighted by Crippen LogP contribution is -2.29. The van der Waals surface area contributed by atoms with Gasteiger partial charge in [-0.2, -0.15) is 0 Å². The Morgan fingerprint density at radius 1 is 1.22 bits per heavy atom. The van der Waals surface area contributed by atoms with Crippen molar-refractivity contribution in [3.8, 4) is 0 Å². The SMILES string of the molecule is Cc1ncnc2c1ccn2C1C=C(CCc2cc(C(F)F)cc3c2CNCC3)C(O)[C@@H]1O.